The van der Waals surface area contributed by atoms with Gasteiger partial charge in [-0.2, -0.15) is 0 Å². The molecule has 0 spiro atoms. The molecule has 2 N–H and O–H groups in total. The van der Waals surface area contributed by atoms with Crippen LogP contribution in [0.3, 0.4) is 0 Å². The van der Waals surface area contributed by atoms with Crippen molar-refractivity contribution >= 4 is 7.32 Å². The normalized spacial score (nSPS) is 10.8. The molecule has 7 heteroatoms. The molecule has 0 aliphatic rings. The fourth-order valence-electron chi connectivity index (χ4n) is 1.14. The zero-order valence-electron chi connectivity index (χ0n) is 9.25. The Kier molecular flexibility index (Phi) is 5.34. The topological polar surface area (TPSA) is 81.3 Å². The van der Waals surface area contributed by atoms with Crippen LogP contribution in [0.2, 0.25) is 0 Å². The summed E-state index contributed by atoms with van der Waals surface area (Å²) in [5.74, 6) is 0.411. The molecule has 1 heterocycles. The summed E-state index contributed by atoms with van der Waals surface area (Å²) in [4.78, 5) is 0. The second-order valence-corrected chi connectivity index (χ2v) is 2.84. The largest absolute Gasteiger partial charge is 0.709 e. The van der Waals surface area contributed by atoms with Crippen LogP contribution in [0.1, 0.15) is 25.9 Å². The van der Waals surface area contributed by atoms with Gasteiger partial charge >= 0.3 is 7.32 Å². The smallest absolute Gasteiger partial charge is 0.485 e. The minimum absolute atomic E-state index is 0.00518. The Bertz CT molecular complexity index is 294. The number of ether oxygens (including phenoxy) is 2. The first-order valence-corrected chi connectivity index (χ1v) is 5.03. The highest BCUT2D eigenvalue weighted by atomic mass is 16.7. The van der Waals surface area contributed by atoms with Crippen molar-refractivity contribution in [3.8, 4) is 5.95 Å². The molecular weight excluding hydrogens is 215 g/mol. The van der Waals surface area contributed by atoms with Gasteiger partial charge in [-0.3, -0.25) is 0 Å². The molecule has 0 aromatic carbocycles. The number of rotatable bonds is 7. The molecule has 0 aliphatic carbocycles. The maximum absolute atomic E-state index is 8.57. The van der Waals surface area contributed by atoms with Gasteiger partial charge in [0.15, 0.2) is 5.76 Å². The van der Waals surface area contributed by atoms with Gasteiger partial charge in [-0.1, -0.05) is 0 Å². The minimum Gasteiger partial charge on any atom is -0.485 e. The Morgan fingerprint density at radius 2 is 1.88 bits per heavy atom. The van der Waals surface area contributed by atoms with E-state index in [0.717, 1.165) is 0 Å². The first kappa shape index (κ1) is 13.1. The Labute approximate surface area is 93.9 Å². The first-order valence-electron chi connectivity index (χ1n) is 5.03. The van der Waals surface area contributed by atoms with Gasteiger partial charge in [-0.15, -0.1) is 0 Å². The molecule has 0 saturated carbocycles. The van der Waals surface area contributed by atoms with Crippen LogP contribution in [0.25, 0.3) is 0 Å². The second-order valence-electron chi connectivity index (χ2n) is 2.84. The highest BCUT2D eigenvalue weighted by Crippen LogP contribution is 2.25. The Morgan fingerprint density at radius 3 is 2.38 bits per heavy atom. The van der Waals surface area contributed by atoms with Crippen LogP contribution >= 0.6 is 0 Å². The molecule has 1 rings (SSSR count). The molecule has 0 radical (unpaired) electrons. The minimum atomic E-state index is -1.91. The lowest BCUT2D eigenvalue weighted by Crippen LogP contribution is -2.20. The average molecular weight is 230 g/mol. The van der Waals surface area contributed by atoms with E-state index in [0.29, 0.717) is 19.0 Å². The van der Waals surface area contributed by atoms with Gasteiger partial charge in [-0.25, -0.2) is 0 Å². The van der Waals surface area contributed by atoms with E-state index in [2.05, 4.69) is 4.65 Å². The quantitative estimate of drug-likeness (QED) is 0.530. The van der Waals surface area contributed by atoms with Crippen LogP contribution in [0.15, 0.2) is 16.5 Å². The van der Waals surface area contributed by atoms with Gasteiger partial charge in [0.25, 0.3) is 5.95 Å². The van der Waals surface area contributed by atoms with E-state index in [1.54, 1.807) is 6.07 Å². The van der Waals surface area contributed by atoms with E-state index in [1.165, 1.54) is 6.07 Å². The summed E-state index contributed by atoms with van der Waals surface area (Å²) in [5.41, 5.74) is 0. The second kappa shape index (κ2) is 6.54. The SMILES string of the molecule is CCOC(OCC)c1ccc(OB(O)O)o1. The lowest BCUT2D eigenvalue weighted by molar-refractivity contribution is -0.151. The summed E-state index contributed by atoms with van der Waals surface area (Å²) in [5, 5.41) is 17.1. The third kappa shape index (κ3) is 3.86. The number of hydrogen-bond acceptors (Lipinski definition) is 6. The van der Waals surface area contributed by atoms with E-state index in [4.69, 9.17) is 23.9 Å². The highest BCUT2D eigenvalue weighted by Gasteiger charge is 2.19. The zero-order valence-corrected chi connectivity index (χ0v) is 9.25. The van der Waals surface area contributed by atoms with Gasteiger partial charge in [0, 0.05) is 19.3 Å². The summed E-state index contributed by atoms with van der Waals surface area (Å²) >= 11 is 0. The first-order chi connectivity index (χ1) is 7.67. The molecule has 1 aromatic heterocycles. The van der Waals surface area contributed by atoms with Crippen molar-refractivity contribution in [1.29, 1.82) is 0 Å². The lowest BCUT2D eigenvalue weighted by atomic mass is 10.3. The van der Waals surface area contributed by atoms with Crippen molar-refractivity contribution in [2.24, 2.45) is 0 Å². The van der Waals surface area contributed by atoms with Crippen LogP contribution in [-0.2, 0) is 9.47 Å². The third-order valence-corrected chi connectivity index (χ3v) is 1.69. The van der Waals surface area contributed by atoms with Gasteiger partial charge in [-0.05, 0) is 19.9 Å². The molecule has 0 saturated heterocycles. The molecule has 16 heavy (non-hydrogen) atoms. The molecule has 6 nitrogen and oxygen atoms in total. The predicted octanol–water partition coefficient (Wildman–Crippen LogP) is 0.699. The molecule has 0 aliphatic heterocycles. The predicted molar refractivity (Wildman–Crippen MR) is 55.5 cm³/mol. The molecule has 0 fully saturated rings. The van der Waals surface area contributed by atoms with Gasteiger partial charge < -0.3 is 28.6 Å². The molecule has 0 bridgehead atoms. The molecule has 0 unspecified atom stereocenters. The average Bonchev–Trinajstić information content (AvgIpc) is 2.65. The maximum Gasteiger partial charge on any atom is 0.709 e. The van der Waals surface area contributed by atoms with Crippen LogP contribution < -0.4 is 4.65 Å². The van der Waals surface area contributed by atoms with Crippen molar-refractivity contribution in [1.82, 2.24) is 0 Å². The van der Waals surface area contributed by atoms with Crippen molar-refractivity contribution in [2.45, 2.75) is 20.1 Å². The zero-order chi connectivity index (χ0) is 12.0. The van der Waals surface area contributed by atoms with Crippen molar-refractivity contribution in [3.05, 3.63) is 17.9 Å². The van der Waals surface area contributed by atoms with Crippen LogP contribution in [0.4, 0.5) is 0 Å². The fraction of sp³-hybridized carbons (Fsp3) is 0.556. The summed E-state index contributed by atoms with van der Waals surface area (Å²) in [7, 11) is -1.91. The number of furan rings is 1. The monoisotopic (exact) mass is 230 g/mol. The molecule has 90 valence electrons. The van der Waals surface area contributed by atoms with E-state index in [1.807, 2.05) is 13.8 Å². The summed E-state index contributed by atoms with van der Waals surface area (Å²) < 4.78 is 20.3. The maximum atomic E-state index is 8.57. The van der Waals surface area contributed by atoms with E-state index < -0.39 is 13.6 Å². The summed E-state index contributed by atoms with van der Waals surface area (Å²) in [6, 6.07) is 3.05. The standard InChI is InChI=1S/C9H15BO6/c1-3-13-9(14-4-2)7-5-6-8(15-7)16-10(11)12/h5-6,9,11-12H,3-4H2,1-2H3. The number of hydrogen-bond donors (Lipinski definition) is 2. The Hall–Kier alpha value is -1.02. The lowest BCUT2D eigenvalue weighted by Gasteiger charge is -2.13. The highest BCUT2D eigenvalue weighted by molar-refractivity contribution is 6.33. The summed E-state index contributed by atoms with van der Waals surface area (Å²) in [6.07, 6.45) is -0.608. The van der Waals surface area contributed by atoms with E-state index in [-0.39, 0.29) is 5.95 Å². The van der Waals surface area contributed by atoms with Crippen LogP contribution in [0, 0.1) is 0 Å². The molecule has 1 aromatic rings. The molecule has 0 amide bonds. The van der Waals surface area contributed by atoms with Gasteiger partial charge in [0.1, 0.15) is 0 Å². The van der Waals surface area contributed by atoms with E-state index in [9.17, 15) is 0 Å². The van der Waals surface area contributed by atoms with Crippen molar-refractivity contribution < 1.29 is 28.6 Å². The Balaban J connectivity index is 2.65. The van der Waals surface area contributed by atoms with Crippen molar-refractivity contribution in [2.75, 3.05) is 13.2 Å². The Morgan fingerprint density at radius 1 is 1.25 bits per heavy atom. The van der Waals surface area contributed by atoms with Crippen molar-refractivity contribution in [3.63, 3.8) is 0 Å². The van der Waals surface area contributed by atoms with Gasteiger partial charge in [0.2, 0.25) is 6.29 Å². The molecule has 0 atom stereocenters. The van der Waals surface area contributed by atoms with E-state index >= 15 is 0 Å². The van der Waals surface area contributed by atoms with Crippen LogP contribution in [-0.4, -0.2) is 30.6 Å². The van der Waals surface area contributed by atoms with Gasteiger partial charge in [0.05, 0.1) is 0 Å². The summed E-state index contributed by atoms with van der Waals surface area (Å²) in [6.45, 7) is 4.63. The molecular formula is C9H15BO6. The van der Waals surface area contributed by atoms with Crippen LogP contribution in [0.5, 0.6) is 5.95 Å². The fourth-order valence-corrected chi connectivity index (χ4v) is 1.14. The third-order valence-electron chi connectivity index (χ3n) is 1.69.